The number of amides is 1. The second-order valence-electron chi connectivity index (χ2n) is 4.79. The third-order valence-electron chi connectivity index (χ3n) is 3.31. The summed E-state index contributed by atoms with van der Waals surface area (Å²) >= 11 is 1.48. The highest BCUT2D eigenvalue weighted by atomic mass is 32.2. The summed E-state index contributed by atoms with van der Waals surface area (Å²) in [6.45, 7) is 11.4. The minimum atomic E-state index is 0.0690. The average molecular weight is 315 g/mol. The van der Waals surface area contributed by atoms with Crippen LogP contribution in [0.2, 0.25) is 0 Å². The third-order valence-corrected chi connectivity index (χ3v) is 4.27. The molecule has 2 rings (SSSR count). The quantitative estimate of drug-likeness (QED) is 0.554. The van der Waals surface area contributed by atoms with Gasteiger partial charge < -0.3 is 9.47 Å². The van der Waals surface area contributed by atoms with E-state index in [1.807, 2.05) is 18.2 Å². The fourth-order valence-electron chi connectivity index (χ4n) is 2.28. The van der Waals surface area contributed by atoms with E-state index in [0.29, 0.717) is 18.8 Å². The molecule has 1 aromatic heterocycles. The molecule has 0 radical (unpaired) electrons. The summed E-state index contributed by atoms with van der Waals surface area (Å²) in [5, 5.41) is 0.884. The Balaban J connectivity index is 2.12. The predicted octanol–water partition coefficient (Wildman–Crippen LogP) is 3.35. The predicted molar refractivity (Wildman–Crippen MR) is 93.1 cm³/mol. The van der Waals surface area contributed by atoms with Gasteiger partial charge in [-0.1, -0.05) is 36.0 Å². The van der Waals surface area contributed by atoms with Gasteiger partial charge in [0.15, 0.2) is 5.16 Å². The van der Waals surface area contributed by atoms with Crippen molar-refractivity contribution in [3.05, 3.63) is 49.6 Å². The number of para-hydroxylation sites is 2. The maximum Gasteiger partial charge on any atom is 0.233 e. The molecule has 1 amide bonds. The number of hydrogen-bond donors (Lipinski definition) is 0. The summed E-state index contributed by atoms with van der Waals surface area (Å²) in [7, 11) is 0. The smallest absolute Gasteiger partial charge is 0.233 e. The molecule has 1 heterocycles. The number of nitrogens with zero attached hydrogens (tertiary/aromatic N) is 3. The molecule has 0 unspecified atom stereocenters. The molecular weight excluding hydrogens is 294 g/mol. The van der Waals surface area contributed by atoms with Crippen molar-refractivity contribution in [2.24, 2.45) is 0 Å². The fraction of sp³-hybridized carbons (Fsp3) is 0.294. The van der Waals surface area contributed by atoms with Gasteiger partial charge in [0.1, 0.15) is 0 Å². The number of hydrogen-bond acceptors (Lipinski definition) is 3. The molecule has 0 aliphatic rings. The van der Waals surface area contributed by atoms with E-state index in [1.54, 1.807) is 17.1 Å². The van der Waals surface area contributed by atoms with Crippen molar-refractivity contribution in [2.45, 2.75) is 18.6 Å². The van der Waals surface area contributed by atoms with Crippen molar-refractivity contribution >= 4 is 28.7 Å². The maximum atomic E-state index is 12.3. The zero-order chi connectivity index (χ0) is 15.9. The van der Waals surface area contributed by atoms with E-state index in [9.17, 15) is 4.79 Å². The number of benzene rings is 1. The number of rotatable bonds is 8. The van der Waals surface area contributed by atoms with Gasteiger partial charge in [-0.3, -0.25) is 4.79 Å². The van der Waals surface area contributed by atoms with Crippen LogP contribution >= 0.6 is 11.8 Å². The van der Waals surface area contributed by atoms with Crippen LogP contribution in [0.1, 0.15) is 6.92 Å². The highest BCUT2D eigenvalue weighted by Crippen LogP contribution is 2.24. The van der Waals surface area contributed by atoms with E-state index >= 15 is 0 Å². The number of imidazole rings is 1. The second-order valence-corrected chi connectivity index (χ2v) is 5.73. The number of fused-ring (bicyclic) bond motifs is 1. The molecule has 0 saturated carbocycles. The molecule has 4 nitrogen and oxygen atoms in total. The average Bonchev–Trinajstić information content (AvgIpc) is 2.89. The first-order valence-corrected chi connectivity index (χ1v) is 8.27. The lowest BCUT2D eigenvalue weighted by Gasteiger charge is -2.18. The lowest BCUT2D eigenvalue weighted by atomic mass is 10.3. The lowest BCUT2D eigenvalue weighted by Crippen LogP contribution is -2.32. The van der Waals surface area contributed by atoms with Crippen molar-refractivity contribution in [1.29, 1.82) is 0 Å². The number of aryl methyl sites for hydroxylation is 1. The molecule has 0 N–H and O–H groups in total. The Morgan fingerprint density at radius 1 is 1.32 bits per heavy atom. The van der Waals surface area contributed by atoms with Gasteiger partial charge >= 0.3 is 0 Å². The van der Waals surface area contributed by atoms with Crippen LogP contribution < -0.4 is 0 Å². The first-order chi connectivity index (χ1) is 10.7. The topological polar surface area (TPSA) is 38.1 Å². The van der Waals surface area contributed by atoms with Gasteiger partial charge in [0, 0.05) is 19.6 Å². The summed E-state index contributed by atoms with van der Waals surface area (Å²) in [5.74, 6) is 0.435. The first-order valence-electron chi connectivity index (χ1n) is 7.28. The van der Waals surface area contributed by atoms with Crippen LogP contribution in [0.4, 0.5) is 0 Å². The Bertz CT molecular complexity index is 668. The standard InChI is InChI=1S/C17H21N3OS/c1-4-11-19(12-5-2)16(21)13-22-17-18-14-9-7-8-10-15(14)20(17)6-3/h4-5,7-10H,1-2,6,11-13H2,3H3. The Morgan fingerprint density at radius 2 is 2.00 bits per heavy atom. The van der Waals surface area contributed by atoms with Gasteiger partial charge in [0.2, 0.25) is 5.91 Å². The molecule has 0 aliphatic heterocycles. The monoisotopic (exact) mass is 315 g/mol. The normalized spacial score (nSPS) is 10.6. The molecule has 1 aromatic carbocycles. The Kier molecular flexibility index (Phi) is 5.83. The SMILES string of the molecule is C=CCN(CC=C)C(=O)CSc1nc2ccccc2n1CC. The van der Waals surface area contributed by atoms with E-state index in [1.165, 1.54) is 11.8 Å². The van der Waals surface area contributed by atoms with Crippen LogP contribution in [0, 0.1) is 0 Å². The van der Waals surface area contributed by atoms with Crippen molar-refractivity contribution in [2.75, 3.05) is 18.8 Å². The first kappa shape index (κ1) is 16.4. The summed E-state index contributed by atoms with van der Waals surface area (Å²) in [5.41, 5.74) is 2.07. The van der Waals surface area contributed by atoms with E-state index in [-0.39, 0.29) is 5.91 Å². The van der Waals surface area contributed by atoms with Gasteiger partial charge in [0.05, 0.1) is 16.8 Å². The summed E-state index contributed by atoms with van der Waals surface area (Å²) < 4.78 is 2.14. The van der Waals surface area contributed by atoms with Crippen LogP contribution in [0.3, 0.4) is 0 Å². The number of carbonyl (C=O) groups excluding carboxylic acids is 1. The second kappa shape index (κ2) is 7.84. The molecule has 22 heavy (non-hydrogen) atoms. The van der Waals surface area contributed by atoms with Crippen molar-refractivity contribution < 1.29 is 4.79 Å². The van der Waals surface area contributed by atoms with Crippen LogP contribution in [0.15, 0.2) is 54.7 Å². The summed E-state index contributed by atoms with van der Waals surface area (Å²) in [4.78, 5) is 18.6. The molecule has 116 valence electrons. The molecule has 0 bridgehead atoms. The summed E-state index contributed by atoms with van der Waals surface area (Å²) in [6, 6.07) is 8.03. The number of carbonyl (C=O) groups is 1. The van der Waals surface area contributed by atoms with Crippen molar-refractivity contribution in [1.82, 2.24) is 14.5 Å². The summed E-state index contributed by atoms with van der Waals surface area (Å²) in [6.07, 6.45) is 3.46. The molecule has 0 atom stereocenters. The van der Waals surface area contributed by atoms with E-state index in [0.717, 1.165) is 22.7 Å². The molecular formula is C17H21N3OS. The van der Waals surface area contributed by atoms with E-state index in [2.05, 4.69) is 35.7 Å². The molecule has 5 heteroatoms. The zero-order valence-electron chi connectivity index (χ0n) is 12.9. The van der Waals surface area contributed by atoms with Crippen LogP contribution in [-0.2, 0) is 11.3 Å². The molecule has 0 fully saturated rings. The number of aromatic nitrogens is 2. The van der Waals surface area contributed by atoms with Gasteiger partial charge in [-0.25, -0.2) is 4.98 Å². The lowest BCUT2D eigenvalue weighted by molar-refractivity contribution is -0.127. The Hall–Kier alpha value is -2.01. The minimum Gasteiger partial charge on any atom is -0.335 e. The third kappa shape index (κ3) is 3.60. The Labute approximate surface area is 135 Å². The largest absolute Gasteiger partial charge is 0.335 e. The molecule has 0 aliphatic carbocycles. The maximum absolute atomic E-state index is 12.3. The van der Waals surface area contributed by atoms with Crippen LogP contribution in [-0.4, -0.2) is 39.2 Å². The van der Waals surface area contributed by atoms with Gasteiger partial charge in [-0.05, 0) is 19.1 Å². The van der Waals surface area contributed by atoms with E-state index in [4.69, 9.17) is 0 Å². The fourth-order valence-corrected chi connectivity index (χ4v) is 3.26. The zero-order valence-corrected chi connectivity index (χ0v) is 13.7. The van der Waals surface area contributed by atoms with Crippen LogP contribution in [0.5, 0.6) is 0 Å². The number of thioether (sulfide) groups is 1. The van der Waals surface area contributed by atoms with Gasteiger partial charge in [0.25, 0.3) is 0 Å². The Morgan fingerprint density at radius 3 is 2.64 bits per heavy atom. The molecule has 0 saturated heterocycles. The van der Waals surface area contributed by atoms with Crippen LogP contribution in [0.25, 0.3) is 11.0 Å². The highest BCUT2D eigenvalue weighted by molar-refractivity contribution is 7.99. The minimum absolute atomic E-state index is 0.0690. The van der Waals surface area contributed by atoms with Crippen molar-refractivity contribution in [3.63, 3.8) is 0 Å². The van der Waals surface area contributed by atoms with E-state index < -0.39 is 0 Å². The molecule has 2 aromatic rings. The van der Waals surface area contributed by atoms with Gasteiger partial charge in [-0.2, -0.15) is 0 Å². The van der Waals surface area contributed by atoms with Gasteiger partial charge in [-0.15, -0.1) is 13.2 Å². The highest BCUT2D eigenvalue weighted by Gasteiger charge is 2.15. The van der Waals surface area contributed by atoms with Crippen molar-refractivity contribution in [3.8, 4) is 0 Å². The molecule has 0 spiro atoms.